The molecule has 5 heteroatoms. The van der Waals surface area contributed by atoms with E-state index in [1.54, 1.807) is 24.3 Å². The first-order chi connectivity index (χ1) is 11.2. The van der Waals surface area contributed by atoms with Crippen molar-refractivity contribution in [1.29, 1.82) is 0 Å². The van der Waals surface area contributed by atoms with Crippen LogP contribution in [-0.4, -0.2) is 25.2 Å². The average Bonchev–Trinajstić information content (AvgIpc) is 3.04. The van der Waals surface area contributed by atoms with Gasteiger partial charge in [0.15, 0.2) is 0 Å². The van der Waals surface area contributed by atoms with Crippen LogP contribution in [0.2, 0.25) is 5.02 Å². The molecule has 1 unspecified atom stereocenters. The van der Waals surface area contributed by atoms with Crippen LogP contribution in [0.3, 0.4) is 0 Å². The third-order valence-electron chi connectivity index (χ3n) is 4.07. The van der Waals surface area contributed by atoms with Crippen molar-refractivity contribution < 1.29 is 4.79 Å². The molecule has 2 aromatic carbocycles. The summed E-state index contributed by atoms with van der Waals surface area (Å²) >= 11 is 5.84. The molecule has 0 aromatic heterocycles. The number of carbonyl (C=O) groups excluding carboxylic acids is 1. The van der Waals surface area contributed by atoms with Gasteiger partial charge in [-0.3, -0.25) is 0 Å². The highest BCUT2D eigenvalue weighted by Crippen LogP contribution is 2.24. The number of hydrogen-bond donors (Lipinski definition) is 2. The summed E-state index contributed by atoms with van der Waals surface area (Å²) in [5.41, 5.74) is 1.95. The van der Waals surface area contributed by atoms with Crippen LogP contribution in [0.15, 0.2) is 54.6 Å². The van der Waals surface area contributed by atoms with Crippen LogP contribution >= 0.6 is 11.6 Å². The largest absolute Gasteiger partial charge is 0.367 e. The molecule has 0 saturated carbocycles. The molecule has 1 atom stereocenters. The first kappa shape index (κ1) is 15.7. The summed E-state index contributed by atoms with van der Waals surface area (Å²) in [6.07, 6.45) is 2.25. The Labute approximate surface area is 141 Å². The highest BCUT2D eigenvalue weighted by molar-refractivity contribution is 6.30. The fourth-order valence-corrected chi connectivity index (χ4v) is 3.05. The Hall–Kier alpha value is -2.20. The van der Waals surface area contributed by atoms with Crippen molar-refractivity contribution in [3.05, 3.63) is 59.6 Å². The Morgan fingerprint density at radius 3 is 2.61 bits per heavy atom. The van der Waals surface area contributed by atoms with Crippen molar-refractivity contribution >= 4 is 29.0 Å². The minimum absolute atomic E-state index is 0.188. The number of nitrogens with one attached hydrogen (secondary N) is 2. The van der Waals surface area contributed by atoms with E-state index in [-0.39, 0.29) is 6.03 Å². The summed E-state index contributed by atoms with van der Waals surface area (Å²) in [4.78, 5) is 14.4. The topological polar surface area (TPSA) is 44.4 Å². The quantitative estimate of drug-likeness (QED) is 0.885. The van der Waals surface area contributed by atoms with E-state index in [1.165, 1.54) is 5.69 Å². The number of carbonyl (C=O) groups is 1. The van der Waals surface area contributed by atoms with Gasteiger partial charge in [0, 0.05) is 35.5 Å². The maximum atomic E-state index is 12.0. The summed E-state index contributed by atoms with van der Waals surface area (Å²) in [6, 6.07) is 17.6. The van der Waals surface area contributed by atoms with Crippen LogP contribution in [0.4, 0.5) is 16.2 Å². The lowest BCUT2D eigenvalue weighted by atomic mass is 10.2. The molecule has 1 aliphatic heterocycles. The van der Waals surface area contributed by atoms with Crippen molar-refractivity contribution in [3.63, 3.8) is 0 Å². The Morgan fingerprint density at radius 1 is 1.13 bits per heavy atom. The van der Waals surface area contributed by atoms with Crippen LogP contribution in [0.25, 0.3) is 0 Å². The Kier molecular flexibility index (Phi) is 5.03. The number of anilines is 2. The number of amides is 2. The molecule has 2 N–H and O–H groups in total. The molecule has 4 nitrogen and oxygen atoms in total. The van der Waals surface area contributed by atoms with Gasteiger partial charge in [0.25, 0.3) is 0 Å². The maximum absolute atomic E-state index is 12.0. The van der Waals surface area contributed by atoms with E-state index in [0.717, 1.165) is 25.1 Å². The summed E-state index contributed by atoms with van der Waals surface area (Å²) in [5.74, 6) is 0. The van der Waals surface area contributed by atoms with Crippen molar-refractivity contribution in [2.75, 3.05) is 23.3 Å². The lowest BCUT2D eigenvalue weighted by Crippen LogP contribution is -2.41. The van der Waals surface area contributed by atoms with Gasteiger partial charge in [-0.15, -0.1) is 0 Å². The number of benzene rings is 2. The standard InChI is InChI=1S/C18H20ClN3O/c19-14-8-10-15(11-9-14)21-18(23)20-13-17-7-4-12-22(17)16-5-2-1-3-6-16/h1-3,5-6,8-11,17H,4,7,12-13H2,(H2,20,21,23). The summed E-state index contributed by atoms with van der Waals surface area (Å²) in [6.45, 7) is 1.67. The molecule has 1 fully saturated rings. The molecule has 3 rings (SSSR count). The summed E-state index contributed by atoms with van der Waals surface area (Å²) < 4.78 is 0. The molecule has 120 valence electrons. The van der Waals surface area contributed by atoms with E-state index in [9.17, 15) is 4.79 Å². The fourth-order valence-electron chi connectivity index (χ4n) is 2.93. The van der Waals surface area contributed by atoms with Crippen molar-refractivity contribution in [2.45, 2.75) is 18.9 Å². The molecular formula is C18H20ClN3O. The molecule has 0 aliphatic carbocycles. The summed E-state index contributed by atoms with van der Waals surface area (Å²) in [5, 5.41) is 6.44. The molecule has 2 aromatic rings. The second kappa shape index (κ2) is 7.38. The van der Waals surface area contributed by atoms with Gasteiger partial charge in [-0.2, -0.15) is 0 Å². The molecule has 1 saturated heterocycles. The molecule has 0 bridgehead atoms. The first-order valence-electron chi connectivity index (χ1n) is 7.84. The number of para-hydroxylation sites is 1. The zero-order valence-corrected chi connectivity index (χ0v) is 13.6. The van der Waals surface area contributed by atoms with E-state index >= 15 is 0 Å². The third kappa shape index (κ3) is 4.17. The molecule has 0 spiro atoms. The van der Waals surface area contributed by atoms with E-state index < -0.39 is 0 Å². The molecule has 1 aliphatic rings. The molecule has 23 heavy (non-hydrogen) atoms. The van der Waals surface area contributed by atoms with Gasteiger partial charge in [-0.25, -0.2) is 4.79 Å². The van der Waals surface area contributed by atoms with Gasteiger partial charge in [0.2, 0.25) is 0 Å². The van der Waals surface area contributed by atoms with Gasteiger partial charge in [0.05, 0.1) is 0 Å². The third-order valence-corrected chi connectivity index (χ3v) is 4.32. The number of halogens is 1. The summed E-state index contributed by atoms with van der Waals surface area (Å²) in [7, 11) is 0. The monoisotopic (exact) mass is 329 g/mol. The normalized spacial score (nSPS) is 17.1. The minimum Gasteiger partial charge on any atom is -0.367 e. The van der Waals surface area contributed by atoms with Gasteiger partial charge in [-0.05, 0) is 49.2 Å². The minimum atomic E-state index is -0.188. The van der Waals surface area contributed by atoms with E-state index in [2.05, 4.69) is 27.7 Å². The van der Waals surface area contributed by atoms with Crippen LogP contribution in [0, 0.1) is 0 Å². The average molecular weight is 330 g/mol. The SMILES string of the molecule is O=C(NCC1CCCN1c1ccccc1)Nc1ccc(Cl)cc1. The Bertz CT molecular complexity index is 645. The molecule has 2 amide bonds. The van der Waals surface area contributed by atoms with E-state index in [0.29, 0.717) is 17.6 Å². The predicted molar refractivity (Wildman–Crippen MR) is 95.3 cm³/mol. The van der Waals surface area contributed by atoms with E-state index in [4.69, 9.17) is 11.6 Å². The van der Waals surface area contributed by atoms with Gasteiger partial charge in [0.1, 0.15) is 0 Å². The number of hydrogen-bond acceptors (Lipinski definition) is 2. The second-order valence-electron chi connectivity index (χ2n) is 5.67. The predicted octanol–water partition coefficient (Wildman–Crippen LogP) is 4.13. The lowest BCUT2D eigenvalue weighted by molar-refractivity contribution is 0.251. The second-order valence-corrected chi connectivity index (χ2v) is 6.10. The number of rotatable bonds is 4. The molecular weight excluding hydrogens is 310 g/mol. The van der Waals surface area contributed by atoms with Crippen molar-refractivity contribution in [1.82, 2.24) is 5.32 Å². The number of nitrogens with zero attached hydrogens (tertiary/aromatic N) is 1. The van der Waals surface area contributed by atoms with Gasteiger partial charge in [-0.1, -0.05) is 29.8 Å². The van der Waals surface area contributed by atoms with Crippen molar-refractivity contribution in [3.8, 4) is 0 Å². The van der Waals surface area contributed by atoms with Crippen LogP contribution in [-0.2, 0) is 0 Å². The van der Waals surface area contributed by atoms with Crippen LogP contribution < -0.4 is 15.5 Å². The molecule has 0 radical (unpaired) electrons. The lowest BCUT2D eigenvalue weighted by Gasteiger charge is -2.27. The maximum Gasteiger partial charge on any atom is 0.319 e. The Morgan fingerprint density at radius 2 is 1.87 bits per heavy atom. The van der Waals surface area contributed by atoms with Crippen LogP contribution in [0.1, 0.15) is 12.8 Å². The highest BCUT2D eigenvalue weighted by atomic mass is 35.5. The number of urea groups is 1. The van der Waals surface area contributed by atoms with E-state index in [1.807, 2.05) is 18.2 Å². The zero-order valence-electron chi connectivity index (χ0n) is 12.8. The van der Waals surface area contributed by atoms with Gasteiger partial charge >= 0.3 is 6.03 Å². The highest BCUT2D eigenvalue weighted by Gasteiger charge is 2.24. The zero-order chi connectivity index (χ0) is 16.1. The Balaban J connectivity index is 1.53. The van der Waals surface area contributed by atoms with Crippen LogP contribution in [0.5, 0.6) is 0 Å². The smallest absolute Gasteiger partial charge is 0.319 e. The fraction of sp³-hybridized carbons (Fsp3) is 0.278. The first-order valence-corrected chi connectivity index (χ1v) is 8.22. The van der Waals surface area contributed by atoms with Gasteiger partial charge < -0.3 is 15.5 Å². The van der Waals surface area contributed by atoms with Crippen molar-refractivity contribution in [2.24, 2.45) is 0 Å². The molecule has 1 heterocycles.